The van der Waals surface area contributed by atoms with Crippen molar-refractivity contribution in [2.45, 2.75) is 39.7 Å². The highest BCUT2D eigenvalue weighted by molar-refractivity contribution is 7.10. The number of thiophene rings is 1. The molecule has 0 saturated heterocycles. The Hall–Kier alpha value is -3.32. The molecule has 36 heavy (non-hydrogen) atoms. The number of aryl methyl sites for hydroxylation is 1. The Kier molecular flexibility index (Phi) is 10.4. The van der Waals surface area contributed by atoms with Gasteiger partial charge in [0.25, 0.3) is 5.91 Å². The molecule has 192 valence electrons. The number of unbranched alkanes of at least 4 members (excludes halogenated alkanes) is 1. The Morgan fingerprint density at radius 1 is 0.917 bits per heavy atom. The van der Waals surface area contributed by atoms with Gasteiger partial charge in [0.2, 0.25) is 5.91 Å². The van der Waals surface area contributed by atoms with Gasteiger partial charge in [0.1, 0.15) is 6.54 Å². The van der Waals surface area contributed by atoms with E-state index in [4.69, 9.17) is 9.47 Å². The van der Waals surface area contributed by atoms with Crippen LogP contribution in [0.3, 0.4) is 0 Å². The fourth-order valence-corrected chi connectivity index (χ4v) is 4.88. The number of carbonyl (C=O) groups excluding carboxylic acids is 2. The van der Waals surface area contributed by atoms with Gasteiger partial charge >= 0.3 is 0 Å². The van der Waals surface area contributed by atoms with E-state index in [2.05, 4.69) is 19.9 Å². The minimum atomic E-state index is -0.107. The van der Waals surface area contributed by atoms with Crippen molar-refractivity contribution in [3.05, 3.63) is 81.5 Å². The van der Waals surface area contributed by atoms with Gasteiger partial charge in [-0.15, -0.1) is 11.3 Å². The molecule has 3 rings (SSSR count). The van der Waals surface area contributed by atoms with Gasteiger partial charge in [-0.2, -0.15) is 0 Å². The molecule has 2 amide bonds. The second kappa shape index (κ2) is 13.7. The lowest BCUT2D eigenvalue weighted by Gasteiger charge is -2.28. The maximum absolute atomic E-state index is 13.6. The lowest BCUT2D eigenvalue weighted by atomic mass is 10.1. The maximum Gasteiger partial charge on any atom is 0.254 e. The van der Waals surface area contributed by atoms with Gasteiger partial charge < -0.3 is 19.3 Å². The van der Waals surface area contributed by atoms with Crippen molar-refractivity contribution in [3.63, 3.8) is 0 Å². The van der Waals surface area contributed by atoms with Crippen LogP contribution in [0.15, 0.2) is 60.0 Å². The third-order valence-corrected chi connectivity index (χ3v) is 7.20. The number of ether oxygens (including phenoxy) is 2. The van der Waals surface area contributed by atoms with Crippen LogP contribution in [0, 0.1) is 6.92 Å². The number of methoxy groups -OCH3 is 2. The predicted molar refractivity (Wildman–Crippen MR) is 145 cm³/mol. The molecule has 0 unspecified atom stereocenters. The van der Waals surface area contributed by atoms with E-state index in [0.29, 0.717) is 43.1 Å². The second-order valence-corrected chi connectivity index (χ2v) is 9.73. The summed E-state index contributed by atoms with van der Waals surface area (Å²) in [5, 5.41) is 2.05. The molecule has 0 atom stereocenters. The Labute approximate surface area is 218 Å². The molecule has 3 aromatic rings. The fourth-order valence-electron chi connectivity index (χ4n) is 3.96. The largest absolute Gasteiger partial charge is 0.493 e. The zero-order chi connectivity index (χ0) is 25.9. The van der Waals surface area contributed by atoms with Gasteiger partial charge in [-0.3, -0.25) is 9.59 Å². The normalized spacial score (nSPS) is 10.7. The summed E-state index contributed by atoms with van der Waals surface area (Å²) in [6.45, 7) is 5.82. The molecule has 0 radical (unpaired) electrons. The third-order valence-electron chi connectivity index (χ3n) is 6.19. The van der Waals surface area contributed by atoms with Crippen molar-refractivity contribution in [2.75, 3.05) is 33.9 Å². The lowest BCUT2D eigenvalue weighted by Crippen LogP contribution is -2.43. The third kappa shape index (κ3) is 7.34. The van der Waals surface area contributed by atoms with E-state index in [0.717, 1.165) is 23.3 Å². The van der Waals surface area contributed by atoms with Crippen LogP contribution in [0.5, 0.6) is 11.5 Å². The fraction of sp³-hybridized carbons (Fsp3) is 0.379. The topological polar surface area (TPSA) is 59.1 Å². The Balaban J connectivity index is 1.78. The van der Waals surface area contributed by atoms with Crippen LogP contribution >= 0.6 is 11.3 Å². The molecule has 7 heteroatoms. The Morgan fingerprint density at radius 2 is 1.67 bits per heavy atom. The lowest BCUT2D eigenvalue weighted by molar-refractivity contribution is -0.132. The van der Waals surface area contributed by atoms with Crippen molar-refractivity contribution in [1.29, 1.82) is 0 Å². The summed E-state index contributed by atoms with van der Waals surface area (Å²) in [5.41, 5.74) is 2.83. The minimum absolute atomic E-state index is 0.0522. The smallest absolute Gasteiger partial charge is 0.254 e. The SMILES string of the molecule is CCCCN(CC(=O)N(CCc1ccc(OC)c(OC)c1)Cc1sccc1C)C(=O)c1ccccc1. The average molecular weight is 509 g/mol. The summed E-state index contributed by atoms with van der Waals surface area (Å²) < 4.78 is 10.8. The van der Waals surface area contributed by atoms with Crippen LogP contribution in [-0.2, 0) is 17.8 Å². The monoisotopic (exact) mass is 508 g/mol. The van der Waals surface area contributed by atoms with Gasteiger partial charge in [-0.25, -0.2) is 0 Å². The van der Waals surface area contributed by atoms with Crippen molar-refractivity contribution >= 4 is 23.2 Å². The first kappa shape index (κ1) is 27.3. The molecule has 2 aromatic carbocycles. The number of hydrogen-bond donors (Lipinski definition) is 0. The molecule has 0 aliphatic rings. The highest BCUT2D eigenvalue weighted by Crippen LogP contribution is 2.28. The van der Waals surface area contributed by atoms with E-state index in [1.54, 1.807) is 42.6 Å². The van der Waals surface area contributed by atoms with Crippen LogP contribution in [0.25, 0.3) is 0 Å². The molecular formula is C29H36N2O4S. The van der Waals surface area contributed by atoms with Gasteiger partial charge in [0, 0.05) is 23.5 Å². The number of amides is 2. The molecule has 1 heterocycles. The van der Waals surface area contributed by atoms with E-state index < -0.39 is 0 Å². The summed E-state index contributed by atoms with van der Waals surface area (Å²) in [4.78, 5) is 31.6. The molecule has 0 saturated carbocycles. The summed E-state index contributed by atoms with van der Waals surface area (Å²) in [7, 11) is 3.23. The Morgan fingerprint density at radius 3 is 2.31 bits per heavy atom. The molecular weight excluding hydrogens is 472 g/mol. The molecule has 1 aromatic heterocycles. The number of rotatable bonds is 13. The van der Waals surface area contributed by atoms with Crippen LogP contribution in [0.2, 0.25) is 0 Å². The van der Waals surface area contributed by atoms with Crippen LogP contribution < -0.4 is 9.47 Å². The van der Waals surface area contributed by atoms with Gasteiger partial charge in [-0.05, 0) is 66.6 Å². The molecule has 0 bridgehead atoms. The first-order valence-corrected chi connectivity index (χ1v) is 13.2. The van der Waals surface area contributed by atoms with Crippen LogP contribution in [0.4, 0.5) is 0 Å². The number of hydrogen-bond acceptors (Lipinski definition) is 5. The summed E-state index contributed by atoms with van der Waals surface area (Å²) in [6, 6.07) is 17.1. The summed E-state index contributed by atoms with van der Waals surface area (Å²) in [5.74, 6) is 1.18. The first-order chi connectivity index (χ1) is 17.5. The van der Waals surface area contributed by atoms with Gasteiger partial charge in [0.15, 0.2) is 11.5 Å². The van der Waals surface area contributed by atoms with E-state index in [1.807, 2.05) is 46.7 Å². The highest BCUT2D eigenvalue weighted by Gasteiger charge is 2.23. The van der Waals surface area contributed by atoms with Crippen LogP contribution in [0.1, 0.15) is 46.1 Å². The molecule has 6 nitrogen and oxygen atoms in total. The van der Waals surface area contributed by atoms with E-state index in [1.165, 1.54) is 5.56 Å². The van der Waals surface area contributed by atoms with Gasteiger partial charge in [-0.1, -0.05) is 37.6 Å². The quantitative estimate of drug-likeness (QED) is 0.302. The molecule has 0 aliphatic carbocycles. The van der Waals surface area contributed by atoms with Crippen LogP contribution in [-0.4, -0.2) is 55.5 Å². The zero-order valence-corrected chi connectivity index (χ0v) is 22.5. The molecule has 0 aliphatic heterocycles. The summed E-state index contributed by atoms with van der Waals surface area (Å²) >= 11 is 1.65. The molecule has 0 spiro atoms. The predicted octanol–water partition coefficient (Wildman–Crippen LogP) is 5.59. The van der Waals surface area contributed by atoms with Crippen molar-refractivity contribution < 1.29 is 19.1 Å². The number of nitrogens with zero attached hydrogens (tertiary/aromatic N) is 2. The molecule has 0 fully saturated rings. The van der Waals surface area contributed by atoms with E-state index >= 15 is 0 Å². The second-order valence-electron chi connectivity index (χ2n) is 8.73. The first-order valence-electron chi connectivity index (χ1n) is 12.3. The van der Waals surface area contributed by atoms with E-state index in [9.17, 15) is 9.59 Å². The summed E-state index contributed by atoms with van der Waals surface area (Å²) in [6.07, 6.45) is 2.46. The zero-order valence-electron chi connectivity index (χ0n) is 21.7. The Bertz CT molecular complexity index is 1130. The average Bonchev–Trinajstić information content (AvgIpc) is 3.32. The number of benzene rings is 2. The van der Waals surface area contributed by atoms with E-state index in [-0.39, 0.29) is 18.4 Å². The van der Waals surface area contributed by atoms with Crippen molar-refractivity contribution in [3.8, 4) is 11.5 Å². The van der Waals surface area contributed by atoms with Crippen molar-refractivity contribution in [2.24, 2.45) is 0 Å². The standard InChI is InChI=1S/C29H36N2O4S/c1-5-6-16-31(29(33)24-10-8-7-9-11-24)21-28(32)30(20-27-22(2)15-18-36-27)17-14-23-12-13-25(34-3)26(19-23)35-4/h7-13,15,18-19H,5-6,14,16-17,20-21H2,1-4H3. The van der Waals surface area contributed by atoms with Crippen molar-refractivity contribution in [1.82, 2.24) is 9.80 Å². The van der Waals surface area contributed by atoms with Gasteiger partial charge in [0.05, 0.1) is 20.8 Å². The number of carbonyl (C=O) groups is 2. The maximum atomic E-state index is 13.6. The minimum Gasteiger partial charge on any atom is -0.493 e. The molecule has 0 N–H and O–H groups in total. The highest BCUT2D eigenvalue weighted by atomic mass is 32.1.